The van der Waals surface area contributed by atoms with Crippen molar-refractivity contribution in [3.05, 3.63) is 51.7 Å². The molecule has 0 aliphatic carbocycles. The van der Waals surface area contributed by atoms with E-state index in [1.165, 1.54) is 6.07 Å². The van der Waals surface area contributed by atoms with E-state index in [1.54, 1.807) is 23.5 Å². The molecule has 25 heavy (non-hydrogen) atoms. The third kappa shape index (κ3) is 6.54. The fraction of sp³-hybridized carbons (Fsp3) is 0.444. The largest absolute Gasteiger partial charge is 0.357 e. The van der Waals surface area contributed by atoms with Gasteiger partial charge < -0.3 is 10.6 Å². The first-order valence-electron chi connectivity index (χ1n) is 8.09. The van der Waals surface area contributed by atoms with Crippen molar-refractivity contribution in [1.29, 1.82) is 0 Å². The summed E-state index contributed by atoms with van der Waals surface area (Å²) in [5.74, 6) is 0.552. The average molecular weight is 476 g/mol. The Balaban J connectivity index is 0.00000312. The molecule has 0 aliphatic heterocycles. The molecular weight excluding hydrogens is 450 g/mol. The second-order valence-electron chi connectivity index (χ2n) is 6.30. The van der Waals surface area contributed by atoms with E-state index in [1.807, 2.05) is 25.4 Å². The maximum Gasteiger partial charge on any atom is 0.191 e. The molecule has 138 valence electrons. The van der Waals surface area contributed by atoms with Crippen LogP contribution in [-0.2, 0) is 12.0 Å². The predicted molar refractivity (Wildman–Crippen MR) is 115 cm³/mol. The van der Waals surface area contributed by atoms with E-state index >= 15 is 0 Å². The van der Waals surface area contributed by atoms with Crippen LogP contribution in [0.1, 0.15) is 36.9 Å². The Kier molecular flexibility index (Phi) is 8.78. The van der Waals surface area contributed by atoms with Crippen LogP contribution in [0.2, 0.25) is 0 Å². The molecule has 0 atom stereocenters. The van der Waals surface area contributed by atoms with E-state index in [2.05, 4.69) is 34.5 Å². The zero-order valence-corrected chi connectivity index (χ0v) is 18.2. The van der Waals surface area contributed by atoms with Crippen molar-refractivity contribution in [2.24, 2.45) is 4.99 Å². The third-order valence-corrected chi connectivity index (χ3v) is 4.79. The Morgan fingerprint density at radius 1 is 1.32 bits per heavy atom. The van der Waals surface area contributed by atoms with Gasteiger partial charge in [0.25, 0.3) is 0 Å². The highest BCUT2D eigenvalue weighted by molar-refractivity contribution is 14.0. The van der Waals surface area contributed by atoms with Crippen molar-refractivity contribution in [3.63, 3.8) is 0 Å². The Labute approximate surface area is 170 Å². The third-order valence-electron chi connectivity index (χ3n) is 3.87. The second kappa shape index (κ2) is 10.1. The zero-order chi connectivity index (χ0) is 17.6. The average Bonchev–Trinajstić information content (AvgIpc) is 2.95. The van der Waals surface area contributed by atoms with Gasteiger partial charge in [0.2, 0.25) is 0 Å². The molecule has 0 spiro atoms. The van der Waals surface area contributed by atoms with Crippen LogP contribution in [0.5, 0.6) is 0 Å². The van der Waals surface area contributed by atoms with Crippen molar-refractivity contribution in [2.45, 2.75) is 39.7 Å². The van der Waals surface area contributed by atoms with Crippen molar-refractivity contribution < 1.29 is 4.39 Å². The van der Waals surface area contributed by atoms with Crippen LogP contribution >= 0.6 is 35.3 Å². The van der Waals surface area contributed by atoms with Crippen molar-refractivity contribution >= 4 is 41.3 Å². The number of nitrogens with one attached hydrogen (secondary N) is 2. The molecule has 2 N–H and O–H groups in total. The number of aryl methyl sites for hydroxylation is 1. The topological polar surface area (TPSA) is 49.3 Å². The summed E-state index contributed by atoms with van der Waals surface area (Å²) in [4.78, 5) is 10.0. The summed E-state index contributed by atoms with van der Waals surface area (Å²) < 4.78 is 13.5. The summed E-state index contributed by atoms with van der Waals surface area (Å²) in [5.41, 5.74) is 3.62. The number of rotatable bonds is 6. The minimum absolute atomic E-state index is 0. The lowest BCUT2D eigenvalue weighted by Gasteiger charge is -2.26. The van der Waals surface area contributed by atoms with Gasteiger partial charge in [0, 0.05) is 23.4 Å². The van der Waals surface area contributed by atoms with Gasteiger partial charge in [-0.15, -0.1) is 35.3 Å². The van der Waals surface area contributed by atoms with E-state index in [9.17, 15) is 4.39 Å². The molecule has 0 unspecified atom stereocenters. The van der Waals surface area contributed by atoms with E-state index in [0.29, 0.717) is 13.1 Å². The Hall–Kier alpha value is -1.22. The van der Waals surface area contributed by atoms with Crippen LogP contribution in [0.3, 0.4) is 0 Å². The number of guanidine groups is 1. The molecule has 7 heteroatoms. The van der Waals surface area contributed by atoms with Crippen LogP contribution in [0.4, 0.5) is 4.39 Å². The number of hydrogen-bond acceptors (Lipinski definition) is 3. The quantitative estimate of drug-likeness (QED) is 0.373. The van der Waals surface area contributed by atoms with Gasteiger partial charge in [-0.25, -0.2) is 14.4 Å². The minimum Gasteiger partial charge on any atom is -0.357 e. The maximum absolute atomic E-state index is 13.5. The summed E-state index contributed by atoms with van der Waals surface area (Å²) >= 11 is 1.62. The van der Waals surface area contributed by atoms with Crippen molar-refractivity contribution in [3.8, 4) is 0 Å². The smallest absolute Gasteiger partial charge is 0.191 e. The SMILES string of the molecule is CCNC(=NCc1scnc1C)NCC(C)(C)c1cccc(F)c1.I. The van der Waals surface area contributed by atoms with Gasteiger partial charge in [0.15, 0.2) is 5.96 Å². The lowest BCUT2D eigenvalue weighted by Crippen LogP contribution is -2.43. The maximum atomic E-state index is 13.5. The van der Waals surface area contributed by atoms with Gasteiger partial charge in [-0.2, -0.15) is 0 Å². The number of benzene rings is 1. The van der Waals surface area contributed by atoms with Crippen molar-refractivity contribution in [2.75, 3.05) is 13.1 Å². The molecule has 1 aromatic carbocycles. The van der Waals surface area contributed by atoms with Gasteiger partial charge in [0.1, 0.15) is 5.82 Å². The molecule has 2 rings (SSSR count). The first kappa shape index (κ1) is 21.8. The summed E-state index contributed by atoms with van der Waals surface area (Å²) in [6.45, 7) is 10.3. The number of nitrogens with zero attached hydrogens (tertiary/aromatic N) is 2. The Morgan fingerprint density at radius 3 is 2.68 bits per heavy atom. The fourth-order valence-electron chi connectivity index (χ4n) is 2.29. The van der Waals surface area contributed by atoms with Crippen LogP contribution in [0, 0.1) is 12.7 Å². The standard InChI is InChI=1S/C18H25FN4S.HI/c1-5-20-17(21-10-16-13(2)23-12-24-16)22-11-18(3,4)14-7-6-8-15(19)9-14;/h6-9,12H,5,10-11H2,1-4H3,(H2,20,21,22);1H. The monoisotopic (exact) mass is 476 g/mol. The van der Waals surface area contributed by atoms with Crippen LogP contribution in [-0.4, -0.2) is 24.0 Å². The summed E-state index contributed by atoms with van der Waals surface area (Å²) in [5, 5.41) is 6.61. The van der Waals surface area contributed by atoms with Crippen LogP contribution in [0.15, 0.2) is 34.8 Å². The molecule has 4 nitrogen and oxygen atoms in total. The van der Waals surface area contributed by atoms with Gasteiger partial charge in [-0.3, -0.25) is 0 Å². The highest BCUT2D eigenvalue weighted by Gasteiger charge is 2.21. The number of aliphatic imine (C=N–C) groups is 1. The molecule has 0 saturated carbocycles. The Morgan fingerprint density at radius 2 is 2.08 bits per heavy atom. The van der Waals surface area contributed by atoms with Gasteiger partial charge in [0.05, 0.1) is 17.7 Å². The summed E-state index contributed by atoms with van der Waals surface area (Å²) in [7, 11) is 0. The molecule has 0 fully saturated rings. The molecule has 0 radical (unpaired) electrons. The first-order chi connectivity index (χ1) is 11.4. The highest BCUT2D eigenvalue weighted by Crippen LogP contribution is 2.22. The van der Waals surface area contributed by atoms with E-state index in [0.717, 1.165) is 28.6 Å². The number of aromatic nitrogens is 1. The molecule has 0 saturated heterocycles. The molecule has 0 aliphatic rings. The number of thiazole rings is 1. The fourth-order valence-corrected chi connectivity index (χ4v) is 2.99. The Bertz CT molecular complexity index is 700. The molecular formula is C18H26FIN4S. The predicted octanol–water partition coefficient (Wildman–Crippen LogP) is 4.24. The van der Waals surface area contributed by atoms with Crippen LogP contribution < -0.4 is 10.6 Å². The molecule has 0 bridgehead atoms. The van der Waals surface area contributed by atoms with Gasteiger partial charge >= 0.3 is 0 Å². The number of hydrogen-bond donors (Lipinski definition) is 2. The minimum atomic E-state index is -0.210. The first-order valence-corrected chi connectivity index (χ1v) is 8.97. The van der Waals surface area contributed by atoms with E-state index < -0.39 is 0 Å². The van der Waals surface area contributed by atoms with Crippen LogP contribution in [0.25, 0.3) is 0 Å². The van der Waals surface area contributed by atoms with Gasteiger partial charge in [-0.05, 0) is 31.5 Å². The van der Waals surface area contributed by atoms with E-state index in [4.69, 9.17) is 0 Å². The number of halogens is 2. The molecule has 2 aromatic rings. The molecule has 1 aromatic heterocycles. The summed E-state index contributed by atoms with van der Waals surface area (Å²) in [6, 6.07) is 6.76. The normalized spacial score (nSPS) is 11.8. The van der Waals surface area contributed by atoms with E-state index in [-0.39, 0.29) is 35.2 Å². The second-order valence-corrected chi connectivity index (χ2v) is 7.24. The zero-order valence-electron chi connectivity index (χ0n) is 15.1. The lowest BCUT2D eigenvalue weighted by atomic mass is 9.84. The summed E-state index contributed by atoms with van der Waals surface area (Å²) in [6.07, 6.45) is 0. The molecule has 1 heterocycles. The highest BCUT2D eigenvalue weighted by atomic mass is 127. The van der Waals surface area contributed by atoms with Gasteiger partial charge in [-0.1, -0.05) is 26.0 Å². The molecule has 0 amide bonds. The van der Waals surface area contributed by atoms with Crippen molar-refractivity contribution in [1.82, 2.24) is 15.6 Å². The lowest BCUT2D eigenvalue weighted by molar-refractivity contribution is 0.503.